The van der Waals surface area contributed by atoms with Crippen molar-refractivity contribution in [2.45, 2.75) is 69.9 Å². The topological polar surface area (TPSA) is 59.5 Å². The minimum absolute atomic E-state index is 0.540. The molecule has 160 valence electrons. The molecule has 0 unspecified atom stereocenters. The van der Waals surface area contributed by atoms with Crippen molar-refractivity contribution in [3.8, 4) is 11.5 Å². The van der Waals surface area contributed by atoms with E-state index in [0.717, 1.165) is 48.5 Å². The normalized spacial score (nSPS) is 19.3. The molecule has 2 heterocycles. The third-order valence-corrected chi connectivity index (χ3v) is 6.67. The largest absolute Gasteiger partial charge is 0.493 e. The number of aromatic nitrogens is 2. The molecule has 1 aliphatic heterocycles. The van der Waals surface area contributed by atoms with E-state index in [2.05, 4.69) is 28.4 Å². The summed E-state index contributed by atoms with van der Waals surface area (Å²) in [5, 5.41) is 3.72. The van der Waals surface area contributed by atoms with Gasteiger partial charge < -0.3 is 19.7 Å². The molecule has 3 aliphatic rings. The maximum absolute atomic E-state index is 5.53. The van der Waals surface area contributed by atoms with Gasteiger partial charge in [-0.25, -0.2) is 9.97 Å². The van der Waals surface area contributed by atoms with Crippen molar-refractivity contribution in [1.29, 1.82) is 0 Å². The zero-order chi connectivity index (χ0) is 20.5. The number of rotatable bonds is 6. The third-order valence-electron chi connectivity index (χ3n) is 6.67. The highest BCUT2D eigenvalue weighted by Gasteiger charge is 2.29. The van der Waals surface area contributed by atoms with Gasteiger partial charge in [-0.2, -0.15) is 0 Å². The summed E-state index contributed by atoms with van der Waals surface area (Å²) in [7, 11) is 3.39. The van der Waals surface area contributed by atoms with Crippen LogP contribution in [-0.2, 0) is 13.0 Å². The van der Waals surface area contributed by atoms with E-state index in [0.29, 0.717) is 12.0 Å². The molecule has 5 rings (SSSR count). The molecule has 0 radical (unpaired) electrons. The van der Waals surface area contributed by atoms with Crippen molar-refractivity contribution in [1.82, 2.24) is 9.97 Å². The van der Waals surface area contributed by atoms with Gasteiger partial charge in [-0.3, -0.25) is 0 Å². The van der Waals surface area contributed by atoms with Crippen LogP contribution in [0.3, 0.4) is 0 Å². The number of anilines is 2. The molecule has 2 aromatic rings. The lowest BCUT2D eigenvalue weighted by Crippen LogP contribution is -2.32. The van der Waals surface area contributed by atoms with Crippen molar-refractivity contribution in [2.75, 3.05) is 31.0 Å². The van der Waals surface area contributed by atoms with E-state index < -0.39 is 0 Å². The number of nitrogens with zero attached hydrogens (tertiary/aromatic N) is 3. The number of ether oxygens (including phenoxy) is 2. The number of fused-ring (bicyclic) bond motifs is 1. The molecule has 0 amide bonds. The Labute approximate surface area is 179 Å². The van der Waals surface area contributed by atoms with Crippen LogP contribution in [0.4, 0.5) is 11.6 Å². The molecule has 6 heteroatoms. The number of nitrogens with one attached hydrogen (secondary N) is 1. The fraction of sp³-hybridized carbons (Fsp3) is 0.583. The Morgan fingerprint density at radius 3 is 2.33 bits per heavy atom. The molecule has 1 aromatic heterocycles. The van der Waals surface area contributed by atoms with Gasteiger partial charge in [0.05, 0.1) is 14.2 Å². The van der Waals surface area contributed by atoms with Crippen molar-refractivity contribution < 1.29 is 9.47 Å². The summed E-state index contributed by atoms with van der Waals surface area (Å²) >= 11 is 0. The lowest BCUT2D eigenvalue weighted by Gasteiger charge is -2.31. The van der Waals surface area contributed by atoms with Gasteiger partial charge in [0.15, 0.2) is 11.5 Å². The number of benzene rings is 1. The first-order chi connectivity index (χ1) is 14.7. The fourth-order valence-electron chi connectivity index (χ4n) is 4.75. The van der Waals surface area contributed by atoms with E-state index in [1.165, 1.54) is 56.1 Å². The van der Waals surface area contributed by atoms with Gasteiger partial charge in [-0.15, -0.1) is 0 Å². The molecule has 0 atom stereocenters. The summed E-state index contributed by atoms with van der Waals surface area (Å²) in [4.78, 5) is 12.3. The SMILES string of the molecule is COc1cc2c(cc1OC)CN(c1cc(NC3CCCCC3)nc(C3CC3)n1)CC2. The van der Waals surface area contributed by atoms with Gasteiger partial charge in [-0.05, 0) is 55.4 Å². The summed E-state index contributed by atoms with van der Waals surface area (Å²) in [6, 6.07) is 6.95. The molecule has 0 saturated heterocycles. The van der Waals surface area contributed by atoms with Crippen molar-refractivity contribution in [2.24, 2.45) is 0 Å². The van der Waals surface area contributed by atoms with Crippen LogP contribution in [0, 0.1) is 0 Å². The van der Waals surface area contributed by atoms with E-state index >= 15 is 0 Å². The molecular weight excluding hydrogens is 376 g/mol. The van der Waals surface area contributed by atoms with Crippen LogP contribution in [0.25, 0.3) is 0 Å². The molecule has 6 nitrogen and oxygen atoms in total. The average Bonchev–Trinajstić information content (AvgIpc) is 3.64. The number of hydrogen-bond acceptors (Lipinski definition) is 6. The first-order valence-electron chi connectivity index (χ1n) is 11.4. The van der Waals surface area contributed by atoms with E-state index in [1.807, 2.05) is 0 Å². The van der Waals surface area contributed by atoms with Gasteiger partial charge in [0, 0.05) is 31.1 Å². The van der Waals surface area contributed by atoms with Crippen LogP contribution in [0.1, 0.15) is 67.8 Å². The van der Waals surface area contributed by atoms with Crippen molar-refractivity contribution in [3.05, 3.63) is 35.2 Å². The Hall–Kier alpha value is -2.50. The van der Waals surface area contributed by atoms with E-state index in [-0.39, 0.29) is 0 Å². The first kappa shape index (κ1) is 19.5. The average molecular weight is 409 g/mol. The molecule has 2 fully saturated rings. The van der Waals surface area contributed by atoms with Crippen LogP contribution in [0.15, 0.2) is 18.2 Å². The lowest BCUT2D eigenvalue weighted by molar-refractivity contribution is 0.353. The number of methoxy groups -OCH3 is 2. The Kier molecular flexibility index (Phi) is 5.40. The van der Waals surface area contributed by atoms with E-state index in [1.54, 1.807) is 14.2 Å². The van der Waals surface area contributed by atoms with E-state index in [4.69, 9.17) is 19.4 Å². The summed E-state index contributed by atoms with van der Waals surface area (Å²) in [6.07, 6.45) is 9.90. The van der Waals surface area contributed by atoms with Gasteiger partial charge in [-0.1, -0.05) is 19.3 Å². The van der Waals surface area contributed by atoms with Crippen LogP contribution in [0.5, 0.6) is 11.5 Å². The predicted octanol–water partition coefficient (Wildman–Crippen LogP) is 4.68. The lowest BCUT2D eigenvalue weighted by atomic mass is 9.95. The highest BCUT2D eigenvalue weighted by molar-refractivity contribution is 5.55. The Morgan fingerprint density at radius 2 is 1.63 bits per heavy atom. The monoisotopic (exact) mass is 408 g/mol. The molecule has 2 aliphatic carbocycles. The van der Waals surface area contributed by atoms with Crippen LogP contribution in [-0.4, -0.2) is 36.8 Å². The van der Waals surface area contributed by atoms with Gasteiger partial charge >= 0.3 is 0 Å². The van der Waals surface area contributed by atoms with Gasteiger partial charge in [0.25, 0.3) is 0 Å². The van der Waals surface area contributed by atoms with E-state index in [9.17, 15) is 0 Å². The molecule has 2 saturated carbocycles. The number of hydrogen-bond donors (Lipinski definition) is 1. The third kappa shape index (κ3) is 4.05. The quantitative estimate of drug-likeness (QED) is 0.749. The minimum atomic E-state index is 0.540. The fourth-order valence-corrected chi connectivity index (χ4v) is 4.75. The van der Waals surface area contributed by atoms with Gasteiger partial charge in [0.1, 0.15) is 17.5 Å². The molecule has 1 aromatic carbocycles. The first-order valence-corrected chi connectivity index (χ1v) is 11.4. The zero-order valence-electron chi connectivity index (χ0n) is 18.1. The highest BCUT2D eigenvalue weighted by Crippen LogP contribution is 2.40. The van der Waals surface area contributed by atoms with Crippen LogP contribution in [0.2, 0.25) is 0 Å². The molecule has 30 heavy (non-hydrogen) atoms. The summed E-state index contributed by atoms with van der Waals surface area (Å²) < 4.78 is 11.0. The smallest absolute Gasteiger partial charge is 0.161 e. The summed E-state index contributed by atoms with van der Waals surface area (Å²) in [5.41, 5.74) is 2.62. The Morgan fingerprint density at radius 1 is 0.900 bits per heavy atom. The predicted molar refractivity (Wildman–Crippen MR) is 119 cm³/mol. The van der Waals surface area contributed by atoms with Crippen molar-refractivity contribution in [3.63, 3.8) is 0 Å². The maximum Gasteiger partial charge on any atom is 0.161 e. The second kappa shape index (κ2) is 8.32. The minimum Gasteiger partial charge on any atom is -0.493 e. The molecular formula is C24H32N4O2. The van der Waals surface area contributed by atoms with Crippen LogP contribution < -0.4 is 19.7 Å². The van der Waals surface area contributed by atoms with Crippen molar-refractivity contribution >= 4 is 11.6 Å². The zero-order valence-corrected chi connectivity index (χ0v) is 18.1. The standard InChI is InChI=1S/C24H32N4O2/c1-29-20-12-17-10-11-28(15-18(17)13-21(20)30-2)23-14-22(25-19-6-4-3-5-7-19)26-24(27-23)16-8-9-16/h12-14,16,19H,3-11,15H2,1-2H3,(H,25,26,27). The Bertz CT molecular complexity index is 906. The molecule has 0 bridgehead atoms. The second-order valence-corrected chi connectivity index (χ2v) is 8.87. The summed E-state index contributed by atoms with van der Waals surface area (Å²) in [6.45, 7) is 1.78. The summed E-state index contributed by atoms with van der Waals surface area (Å²) in [5.74, 6) is 5.21. The van der Waals surface area contributed by atoms with Crippen LogP contribution >= 0.6 is 0 Å². The van der Waals surface area contributed by atoms with Gasteiger partial charge in [0.2, 0.25) is 0 Å². The second-order valence-electron chi connectivity index (χ2n) is 8.87. The molecule has 0 spiro atoms. The highest BCUT2D eigenvalue weighted by atomic mass is 16.5. The Balaban J connectivity index is 1.41. The maximum atomic E-state index is 5.53. The molecule has 1 N–H and O–H groups in total.